The molecule has 3 aliphatic rings. The number of halogens is 4. The van der Waals surface area contributed by atoms with Crippen molar-refractivity contribution in [3.63, 3.8) is 0 Å². The molecule has 4 heterocycles. The van der Waals surface area contributed by atoms with E-state index in [1.54, 1.807) is 11.6 Å². The van der Waals surface area contributed by atoms with Crippen molar-refractivity contribution in [2.75, 3.05) is 13.1 Å². The van der Waals surface area contributed by atoms with E-state index in [1.807, 2.05) is 22.9 Å². The Bertz CT molecular complexity index is 2770. The first kappa shape index (κ1) is 41.8. The third kappa shape index (κ3) is 8.04. The first-order valence-corrected chi connectivity index (χ1v) is 20.4. The molecule has 1 aliphatic carbocycles. The van der Waals surface area contributed by atoms with Crippen LogP contribution in [0.15, 0.2) is 71.7 Å². The van der Waals surface area contributed by atoms with E-state index in [0.717, 1.165) is 91.3 Å². The van der Waals surface area contributed by atoms with Gasteiger partial charge in [0, 0.05) is 44.7 Å². The van der Waals surface area contributed by atoms with Crippen LogP contribution in [-0.4, -0.2) is 59.7 Å². The summed E-state index contributed by atoms with van der Waals surface area (Å²) < 4.78 is 46.7. The Hall–Kier alpha value is -5.93. The van der Waals surface area contributed by atoms with Crippen LogP contribution in [0.5, 0.6) is 5.75 Å². The number of carbonyl (C=O) groups excluding carboxylic acids is 3. The maximum Gasteiger partial charge on any atom is 0.329 e. The summed E-state index contributed by atoms with van der Waals surface area (Å²) in [5, 5.41) is 20.2. The van der Waals surface area contributed by atoms with Gasteiger partial charge in [0.1, 0.15) is 6.04 Å². The van der Waals surface area contributed by atoms with Crippen molar-refractivity contribution < 1.29 is 32.7 Å². The lowest BCUT2D eigenvalue weighted by molar-refractivity contribution is -0.135. The van der Waals surface area contributed by atoms with Gasteiger partial charge < -0.3 is 10.4 Å². The molecular formula is C45H45ClF3N7O5. The van der Waals surface area contributed by atoms with E-state index in [9.17, 15) is 37.5 Å². The number of carbonyl (C=O) groups is 3. The molecule has 0 bridgehead atoms. The lowest BCUT2D eigenvalue weighted by Crippen LogP contribution is -2.44. The zero-order chi connectivity index (χ0) is 41.8. The van der Waals surface area contributed by atoms with E-state index < -0.39 is 46.6 Å². The predicted octanol–water partition coefficient (Wildman–Crippen LogP) is 6.99. The van der Waals surface area contributed by atoms with E-state index in [0.29, 0.717) is 18.0 Å². The number of rotatable bonds is 10. The minimum atomic E-state index is -1.78. The van der Waals surface area contributed by atoms with Gasteiger partial charge in [-0.2, -0.15) is 9.49 Å². The van der Waals surface area contributed by atoms with Gasteiger partial charge in [-0.15, -0.1) is 12.4 Å². The second kappa shape index (κ2) is 16.8. The number of fused-ring (bicyclic) bond motifs is 3. The average molecular weight is 856 g/mol. The smallest absolute Gasteiger partial charge is 0.329 e. The number of phenolic OH excluding ortho intramolecular Hbond substituents is 1. The van der Waals surface area contributed by atoms with Crippen molar-refractivity contribution in [2.24, 2.45) is 13.0 Å². The minimum Gasteiger partial charge on any atom is -0.503 e. The summed E-state index contributed by atoms with van der Waals surface area (Å²) in [4.78, 5) is 52.3. The number of aromatic nitrogens is 4. The minimum absolute atomic E-state index is 0. The van der Waals surface area contributed by atoms with Crippen LogP contribution in [0.4, 0.5) is 13.2 Å². The van der Waals surface area contributed by atoms with Crippen molar-refractivity contribution in [1.82, 2.24) is 34.4 Å². The Balaban J connectivity index is 0.00000514. The fourth-order valence-electron chi connectivity index (χ4n) is 9.20. The Morgan fingerprint density at radius 1 is 0.885 bits per heavy atom. The highest BCUT2D eigenvalue weighted by molar-refractivity contribution is 6.00. The number of aromatic hydroxyl groups is 1. The maximum absolute atomic E-state index is 14.2. The monoisotopic (exact) mass is 855 g/mol. The van der Waals surface area contributed by atoms with Crippen LogP contribution < -0.4 is 16.3 Å². The van der Waals surface area contributed by atoms with Crippen molar-refractivity contribution in [3.8, 4) is 16.9 Å². The Labute approximate surface area is 354 Å². The zero-order valence-electron chi connectivity index (χ0n) is 33.4. The first-order valence-electron chi connectivity index (χ1n) is 20.4. The van der Waals surface area contributed by atoms with Crippen LogP contribution in [-0.2, 0) is 36.1 Å². The molecule has 2 fully saturated rings. The normalized spacial score (nSPS) is 19.2. The highest BCUT2D eigenvalue weighted by Crippen LogP contribution is 2.35. The first-order chi connectivity index (χ1) is 28.9. The number of nitrogens with one attached hydrogen (secondary N) is 2. The topological polar surface area (TPSA) is 143 Å². The molecule has 3 N–H and O–H groups in total. The molecule has 6 aromatic rings. The summed E-state index contributed by atoms with van der Waals surface area (Å²) in [6, 6.07) is 19.0. The van der Waals surface area contributed by atoms with Gasteiger partial charge in [-0.05, 0) is 116 Å². The lowest BCUT2D eigenvalue weighted by Gasteiger charge is -2.28. The van der Waals surface area contributed by atoms with E-state index in [2.05, 4.69) is 58.1 Å². The van der Waals surface area contributed by atoms with Crippen LogP contribution in [0.2, 0.25) is 0 Å². The van der Waals surface area contributed by atoms with Gasteiger partial charge in [-0.25, -0.2) is 13.6 Å². The molecular weight excluding hydrogens is 811 g/mol. The quantitative estimate of drug-likeness (QED) is 0.0997. The number of hydrogen-bond donors (Lipinski definition) is 3. The molecule has 1 saturated carbocycles. The van der Waals surface area contributed by atoms with Gasteiger partial charge in [0.05, 0.1) is 28.2 Å². The summed E-state index contributed by atoms with van der Waals surface area (Å²) in [6.07, 6.45) is 7.61. The van der Waals surface area contributed by atoms with E-state index in [4.69, 9.17) is 5.10 Å². The number of amides is 3. The molecule has 3 amide bonds. The van der Waals surface area contributed by atoms with E-state index in [-0.39, 0.29) is 48.9 Å². The largest absolute Gasteiger partial charge is 0.503 e. The Morgan fingerprint density at radius 2 is 1.64 bits per heavy atom. The number of phenols is 1. The predicted molar refractivity (Wildman–Crippen MR) is 225 cm³/mol. The second-order valence-electron chi connectivity index (χ2n) is 16.4. The molecule has 16 heteroatoms. The van der Waals surface area contributed by atoms with E-state index >= 15 is 0 Å². The maximum atomic E-state index is 14.2. The molecule has 318 valence electrons. The van der Waals surface area contributed by atoms with Gasteiger partial charge in [0.25, 0.3) is 5.91 Å². The Kier molecular flexibility index (Phi) is 11.5. The molecule has 0 radical (unpaired) electrons. The van der Waals surface area contributed by atoms with Crippen molar-refractivity contribution in [3.05, 3.63) is 117 Å². The zero-order valence-corrected chi connectivity index (χ0v) is 34.2. The fourth-order valence-corrected chi connectivity index (χ4v) is 9.20. The summed E-state index contributed by atoms with van der Waals surface area (Å²) in [5.41, 5.74) is 7.30. The standard InChI is InChI=1S/C45H44F3N7O5.ClH/c1-52-38-17-25(6-13-36(38)55(45(52)60)37-14-15-39(56)50-44(37)59)3-2-16-53-22-29-9-7-27(18-31(29)23-53)28-8-10-30-24-54(51-35(30)19-28)32-11-4-26(5-12-32)21-49-43(58)33-20-34(46)42(57)41(48)40(33)47;/h6-10,13,17-20,24,26,32,37,57H,2-5,11-12,14-16,21-23H2,1H3,(H,49,58)(H,50,56,59);1H/t26?,32?,37-;/m1./s1. The van der Waals surface area contributed by atoms with Crippen LogP contribution in [0, 0.1) is 23.4 Å². The molecule has 0 unspecified atom stereocenters. The lowest BCUT2D eigenvalue weighted by atomic mass is 9.86. The number of aryl methyl sites for hydroxylation is 2. The molecule has 2 aliphatic heterocycles. The number of imidazole rings is 1. The van der Waals surface area contributed by atoms with Gasteiger partial charge in [0.2, 0.25) is 17.6 Å². The third-order valence-electron chi connectivity index (χ3n) is 12.6. The van der Waals surface area contributed by atoms with E-state index in [1.165, 1.54) is 15.7 Å². The fraction of sp³-hybridized carbons (Fsp3) is 0.356. The van der Waals surface area contributed by atoms with Crippen LogP contribution in [0.25, 0.3) is 33.1 Å². The summed E-state index contributed by atoms with van der Waals surface area (Å²) in [5.74, 6) is -7.76. The van der Waals surface area contributed by atoms with Crippen molar-refractivity contribution >= 4 is 52.1 Å². The van der Waals surface area contributed by atoms with Gasteiger partial charge in [-0.3, -0.25) is 38.4 Å². The molecule has 1 saturated heterocycles. The third-order valence-corrected chi connectivity index (χ3v) is 12.6. The van der Waals surface area contributed by atoms with Crippen LogP contribution >= 0.6 is 12.4 Å². The number of piperidine rings is 1. The van der Waals surface area contributed by atoms with Gasteiger partial charge >= 0.3 is 5.69 Å². The van der Waals surface area contributed by atoms with Crippen molar-refractivity contribution in [2.45, 2.75) is 76.5 Å². The highest BCUT2D eigenvalue weighted by Gasteiger charge is 2.32. The Morgan fingerprint density at radius 3 is 2.43 bits per heavy atom. The van der Waals surface area contributed by atoms with Crippen molar-refractivity contribution in [1.29, 1.82) is 0 Å². The number of nitrogens with zero attached hydrogens (tertiary/aromatic N) is 5. The second-order valence-corrected chi connectivity index (χ2v) is 16.4. The molecule has 0 spiro atoms. The number of hydrogen-bond acceptors (Lipinski definition) is 7. The number of benzene rings is 4. The number of imide groups is 1. The van der Waals surface area contributed by atoms with Gasteiger partial charge in [0.15, 0.2) is 17.4 Å². The summed E-state index contributed by atoms with van der Waals surface area (Å²) in [6.45, 7) is 2.90. The SMILES string of the molecule is Cl.Cn1c(=O)n([C@@H]2CCC(=O)NC2=O)c2ccc(CCCN3Cc4ccc(-c5ccc6cn(C7CCC(CNC(=O)c8cc(F)c(O)c(F)c8F)CC7)nc6c5)cc4C3)cc21. The summed E-state index contributed by atoms with van der Waals surface area (Å²) >= 11 is 0. The highest BCUT2D eigenvalue weighted by atomic mass is 35.5. The molecule has 9 rings (SSSR count). The molecule has 4 aromatic carbocycles. The van der Waals surface area contributed by atoms with Gasteiger partial charge in [-0.1, -0.05) is 30.3 Å². The molecule has 12 nitrogen and oxygen atoms in total. The van der Waals surface area contributed by atoms with Crippen LogP contribution in [0.1, 0.15) is 84.1 Å². The molecule has 2 aromatic heterocycles. The summed E-state index contributed by atoms with van der Waals surface area (Å²) in [7, 11) is 1.71. The molecule has 1 atom stereocenters. The van der Waals surface area contributed by atoms with Crippen LogP contribution in [0.3, 0.4) is 0 Å². The average Bonchev–Trinajstić information content (AvgIpc) is 3.93. The molecule has 61 heavy (non-hydrogen) atoms.